The number of hydroxylamine groups is 2. The Kier molecular flexibility index (Phi) is 11.1. The first-order chi connectivity index (χ1) is 16.2. The molecule has 2 N–H and O–H groups in total. The lowest BCUT2D eigenvalue weighted by Gasteiger charge is -2.32. The van der Waals surface area contributed by atoms with E-state index in [9.17, 15) is 19.6 Å². The number of carbonyl (C=O) groups is 3. The molecule has 0 aliphatic heterocycles. The van der Waals surface area contributed by atoms with Crippen molar-refractivity contribution in [2.45, 2.75) is 56.5 Å². The molecule has 2 rings (SSSR count). The van der Waals surface area contributed by atoms with Crippen LogP contribution in [0.25, 0.3) is 0 Å². The third-order valence-corrected chi connectivity index (χ3v) is 6.71. The highest BCUT2D eigenvalue weighted by Crippen LogP contribution is 2.29. The predicted molar refractivity (Wildman–Crippen MR) is 136 cm³/mol. The van der Waals surface area contributed by atoms with E-state index < -0.39 is 22.7 Å². The van der Waals surface area contributed by atoms with Gasteiger partial charge in [0.05, 0.1) is 0 Å². The van der Waals surface area contributed by atoms with Crippen molar-refractivity contribution < 1.29 is 19.6 Å². The summed E-state index contributed by atoms with van der Waals surface area (Å²) in [6, 6.07) is 18.3. The van der Waals surface area contributed by atoms with Crippen LogP contribution in [0.2, 0.25) is 0 Å². The van der Waals surface area contributed by atoms with Gasteiger partial charge in [0, 0.05) is 30.5 Å². The molecule has 0 saturated carbocycles. The fraction of sp³-hybridized carbons (Fsp3) is 0.423. The van der Waals surface area contributed by atoms with Crippen LogP contribution in [0.5, 0.6) is 0 Å². The van der Waals surface area contributed by atoms with Crippen LogP contribution in [0, 0.1) is 0 Å². The minimum atomic E-state index is -1.04. The zero-order chi connectivity index (χ0) is 25.0. The van der Waals surface area contributed by atoms with E-state index in [4.69, 9.17) is 0 Å². The number of carbonyl (C=O) groups excluding carboxylic acids is 3. The lowest BCUT2D eigenvalue weighted by Crippen LogP contribution is -2.53. The van der Waals surface area contributed by atoms with Gasteiger partial charge >= 0.3 is 12.1 Å². The van der Waals surface area contributed by atoms with Crippen molar-refractivity contribution in [1.29, 1.82) is 0 Å². The van der Waals surface area contributed by atoms with Crippen molar-refractivity contribution in [2.24, 2.45) is 0 Å². The normalized spacial score (nSPS) is 11.1. The molecule has 184 valence electrons. The summed E-state index contributed by atoms with van der Waals surface area (Å²) in [5.74, 6) is -0.0117. The van der Waals surface area contributed by atoms with Gasteiger partial charge in [-0.15, -0.1) is 16.8 Å². The molecule has 0 heterocycles. The SMILES string of the molecule is CNC(=O)N(CC(C)(C)SCc1ccccc1)C(=O)N(O)C(=O)CCCCCc1ccccc1. The predicted octanol–water partition coefficient (Wildman–Crippen LogP) is 5.48. The van der Waals surface area contributed by atoms with Gasteiger partial charge in [-0.3, -0.25) is 10.0 Å². The number of benzene rings is 2. The van der Waals surface area contributed by atoms with Gasteiger partial charge in [-0.25, -0.2) is 14.5 Å². The number of nitrogens with one attached hydrogen (secondary N) is 1. The van der Waals surface area contributed by atoms with Gasteiger partial charge in [0.1, 0.15) is 0 Å². The Morgan fingerprint density at radius 1 is 0.912 bits per heavy atom. The first-order valence-electron chi connectivity index (χ1n) is 11.5. The van der Waals surface area contributed by atoms with Gasteiger partial charge < -0.3 is 5.32 Å². The highest BCUT2D eigenvalue weighted by molar-refractivity contribution is 7.99. The molecule has 0 bridgehead atoms. The Morgan fingerprint density at radius 2 is 1.50 bits per heavy atom. The number of rotatable bonds is 11. The zero-order valence-electron chi connectivity index (χ0n) is 20.2. The molecular formula is C26H35N3O4S. The molecule has 0 aromatic heterocycles. The zero-order valence-corrected chi connectivity index (χ0v) is 21.0. The van der Waals surface area contributed by atoms with Crippen molar-refractivity contribution in [2.75, 3.05) is 13.6 Å². The molecule has 34 heavy (non-hydrogen) atoms. The average molecular weight is 486 g/mol. The number of urea groups is 2. The molecule has 0 unspecified atom stereocenters. The molecule has 0 spiro atoms. The molecule has 0 aliphatic carbocycles. The summed E-state index contributed by atoms with van der Waals surface area (Å²) in [6.07, 6.45) is 3.20. The van der Waals surface area contributed by atoms with Crippen LogP contribution in [0.1, 0.15) is 50.7 Å². The number of imide groups is 2. The van der Waals surface area contributed by atoms with Crippen LogP contribution in [0.4, 0.5) is 9.59 Å². The van der Waals surface area contributed by atoms with E-state index in [0.717, 1.165) is 29.7 Å². The van der Waals surface area contributed by atoms with Crippen molar-refractivity contribution in [3.63, 3.8) is 0 Å². The van der Waals surface area contributed by atoms with Crippen molar-refractivity contribution >= 4 is 29.7 Å². The number of hydrogen-bond donors (Lipinski definition) is 2. The van der Waals surface area contributed by atoms with E-state index >= 15 is 0 Å². The topological polar surface area (TPSA) is 90.0 Å². The van der Waals surface area contributed by atoms with Crippen LogP contribution in [0.15, 0.2) is 60.7 Å². The second-order valence-electron chi connectivity index (χ2n) is 8.71. The van der Waals surface area contributed by atoms with Gasteiger partial charge in [0.25, 0.3) is 5.91 Å². The highest BCUT2D eigenvalue weighted by Gasteiger charge is 2.34. The van der Waals surface area contributed by atoms with Crippen LogP contribution in [-0.4, -0.2) is 51.5 Å². The van der Waals surface area contributed by atoms with Crippen molar-refractivity contribution in [3.8, 4) is 0 Å². The van der Waals surface area contributed by atoms with Crippen LogP contribution in [-0.2, 0) is 17.0 Å². The second-order valence-corrected chi connectivity index (χ2v) is 10.4. The quantitative estimate of drug-likeness (QED) is 0.250. The third kappa shape index (κ3) is 9.19. The Morgan fingerprint density at radius 3 is 2.09 bits per heavy atom. The molecule has 0 fully saturated rings. The van der Waals surface area contributed by atoms with Gasteiger partial charge in [0.15, 0.2) is 0 Å². The van der Waals surface area contributed by atoms with Crippen LogP contribution >= 0.6 is 11.8 Å². The molecule has 5 amide bonds. The highest BCUT2D eigenvalue weighted by atomic mass is 32.2. The van der Waals surface area contributed by atoms with Gasteiger partial charge in [-0.2, -0.15) is 0 Å². The minimum Gasteiger partial charge on any atom is -0.341 e. The number of thioether (sulfide) groups is 1. The fourth-order valence-electron chi connectivity index (χ4n) is 3.39. The molecule has 2 aromatic carbocycles. The standard InChI is InChI=1S/C26H35N3O4S/c1-26(2,34-19-22-16-10-5-11-17-22)20-28(24(31)27-3)25(32)29(33)23(30)18-12-6-9-15-21-13-7-4-8-14-21/h4-5,7-8,10-11,13-14,16-17,33H,6,9,12,15,18-20H2,1-3H3,(H,27,31). The maximum Gasteiger partial charge on any atom is 0.359 e. The second kappa shape index (κ2) is 13.8. The van der Waals surface area contributed by atoms with E-state index in [1.165, 1.54) is 12.6 Å². The fourth-order valence-corrected chi connectivity index (χ4v) is 4.36. The van der Waals surface area contributed by atoms with E-state index in [2.05, 4.69) is 17.4 Å². The number of nitrogens with zero attached hydrogens (tertiary/aromatic N) is 2. The first-order valence-corrected chi connectivity index (χ1v) is 12.5. The summed E-state index contributed by atoms with van der Waals surface area (Å²) in [7, 11) is 1.41. The third-order valence-electron chi connectivity index (χ3n) is 5.32. The lowest BCUT2D eigenvalue weighted by atomic mass is 10.1. The van der Waals surface area contributed by atoms with Gasteiger partial charge in [0.2, 0.25) is 0 Å². The number of hydrogen-bond acceptors (Lipinski definition) is 5. The molecule has 0 saturated heterocycles. The van der Waals surface area contributed by atoms with Crippen molar-refractivity contribution in [1.82, 2.24) is 15.3 Å². The molecule has 8 heteroatoms. The Bertz CT molecular complexity index is 922. The van der Waals surface area contributed by atoms with E-state index in [0.29, 0.717) is 12.2 Å². The van der Waals surface area contributed by atoms with Crippen LogP contribution < -0.4 is 5.32 Å². The molecule has 2 aromatic rings. The average Bonchev–Trinajstić information content (AvgIpc) is 2.85. The Labute approximate surface area is 206 Å². The first kappa shape index (κ1) is 27.4. The number of amides is 5. The van der Waals surface area contributed by atoms with Gasteiger partial charge in [-0.1, -0.05) is 67.1 Å². The Hall–Kier alpha value is -2.84. The summed E-state index contributed by atoms with van der Waals surface area (Å²) in [6.45, 7) is 3.87. The largest absolute Gasteiger partial charge is 0.359 e. The van der Waals surface area contributed by atoms with E-state index in [-0.39, 0.29) is 18.0 Å². The maximum absolute atomic E-state index is 12.8. The maximum atomic E-state index is 12.8. The molecule has 0 atom stereocenters. The molecule has 0 radical (unpaired) electrons. The molecule has 0 aliphatic rings. The number of unbranched alkanes of at least 4 members (excludes halogenated alkanes) is 2. The van der Waals surface area contributed by atoms with Gasteiger partial charge in [-0.05, 0) is 44.2 Å². The smallest absolute Gasteiger partial charge is 0.341 e. The number of aryl methyl sites for hydroxylation is 1. The van der Waals surface area contributed by atoms with Crippen molar-refractivity contribution in [3.05, 3.63) is 71.8 Å². The summed E-state index contributed by atoms with van der Waals surface area (Å²) in [5, 5.41) is 12.7. The summed E-state index contributed by atoms with van der Waals surface area (Å²) < 4.78 is -0.501. The summed E-state index contributed by atoms with van der Waals surface area (Å²) in [5.41, 5.74) is 2.37. The van der Waals surface area contributed by atoms with E-state index in [1.54, 1.807) is 11.8 Å². The summed E-state index contributed by atoms with van der Waals surface area (Å²) in [4.78, 5) is 38.5. The lowest BCUT2D eigenvalue weighted by molar-refractivity contribution is -0.154. The molecule has 7 nitrogen and oxygen atoms in total. The van der Waals surface area contributed by atoms with Crippen LogP contribution in [0.3, 0.4) is 0 Å². The van der Waals surface area contributed by atoms with E-state index in [1.807, 2.05) is 62.4 Å². The Balaban J connectivity index is 1.86. The summed E-state index contributed by atoms with van der Waals surface area (Å²) >= 11 is 1.58. The monoisotopic (exact) mass is 485 g/mol. The minimum absolute atomic E-state index is 0.0322. The molecular weight excluding hydrogens is 450 g/mol.